The van der Waals surface area contributed by atoms with E-state index in [-0.39, 0.29) is 5.56 Å². The first-order chi connectivity index (χ1) is 10.5. The number of nitrogens with zero attached hydrogens (tertiary/aromatic N) is 1. The quantitative estimate of drug-likeness (QED) is 0.806. The van der Waals surface area contributed by atoms with Crippen LogP contribution in [0.5, 0.6) is 0 Å². The summed E-state index contributed by atoms with van der Waals surface area (Å²) in [5, 5.41) is 15.7. The van der Waals surface area contributed by atoms with Crippen molar-refractivity contribution in [1.29, 1.82) is 0 Å². The van der Waals surface area contributed by atoms with Crippen LogP contribution in [0, 0.1) is 6.92 Å². The molecular weight excluding hydrogens is 300 g/mol. The Morgan fingerprint density at radius 1 is 1.23 bits per heavy atom. The molecule has 4 nitrogen and oxygen atoms in total. The van der Waals surface area contributed by atoms with E-state index in [0.717, 1.165) is 11.3 Å². The summed E-state index contributed by atoms with van der Waals surface area (Å²) in [5.41, 5.74) is 2.94. The first-order valence-corrected chi connectivity index (χ1v) is 7.06. The summed E-state index contributed by atoms with van der Waals surface area (Å²) in [4.78, 5) is 15.5. The van der Waals surface area contributed by atoms with Crippen molar-refractivity contribution in [3.8, 4) is 0 Å². The maximum Gasteiger partial charge on any atom is 0.0752 e. The largest absolute Gasteiger partial charge is 0.545 e. The van der Waals surface area contributed by atoms with Gasteiger partial charge in [-0.1, -0.05) is 23.7 Å². The monoisotopic (exact) mass is 311 g/mol. The van der Waals surface area contributed by atoms with Crippen LogP contribution < -0.4 is 10.4 Å². The number of nitrogens with one attached hydrogen (secondary N) is 1. The van der Waals surface area contributed by atoms with Gasteiger partial charge >= 0.3 is 0 Å². The molecular formula is C17H12ClN2O2-. The smallest absolute Gasteiger partial charge is 0.0752 e. The van der Waals surface area contributed by atoms with Crippen molar-refractivity contribution in [3.63, 3.8) is 0 Å². The van der Waals surface area contributed by atoms with Crippen LogP contribution in [0.1, 0.15) is 15.9 Å². The minimum Gasteiger partial charge on any atom is -0.545 e. The van der Waals surface area contributed by atoms with E-state index in [9.17, 15) is 9.90 Å². The molecule has 110 valence electrons. The number of aromatic nitrogens is 1. The Bertz CT molecular complexity index is 878. The third-order valence-corrected chi connectivity index (χ3v) is 3.57. The second-order valence-electron chi connectivity index (χ2n) is 4.99. The minimum atomic E-state index is -1.29. The lowest BCUT2D eigenvalue weighted by Gasteiger charge is -2.16. The molecule has 0 radical (unpaired) electrons. The van der Waals surface area contributed by atoms with Crippen LogP contribution in [0.25, 0.3) is 10.9 Å². The molecule has 0 spiro atoms. The number of hydrogen-bond acceptors (Lipinski definition) is 4. The van der Waals surface area contributed by atoms with Gasteiger partial charge in [-0.15, -0.1) is 0 Å². The predicted octanol–water partition coefficient (Wildman–Crippen LogP) is 3.30. The molecule has 22 heavy (non-hydrogen) atoms. The lowest BCUT2D eigenvalue weighted by molar-refractivity contribution is -0.254. The Labute approximate surface area is 132 Å². The van der Waals surface area contributed by atoms with Crippen molar-refractivity contribution in [3.05, 3.63) is 64.8 Å². The fourth-order valence-electron chi connectivity index (χ4n) is 2.32. The molecule has 1 heterocycles. The molecule has 0 atom stereocenters. The number of carboxylic acid groups (broad SMARTS) is 1. The second-order valence-corrected chi connectivity index (χ2v) is 5.43. The minimum absolute atomic E-state index is 0.00345. The van der Waals surface area contributed by atoms with E-state index in [1.807, 2.05) is 31.2 Å². The van der Waals surface area contributed by atoms with E-state index in [1.165, 1.54) is 6.20 Å². The maximum atomic E-state index is 11.4. The summed E-state index contributed by atoms with van der Waals surface area (Å²) >= 11 is 6.03. The fraction of sp³-hybridized carbons (Fsp3) is 0.0588. The van der Waals surface area contributed by atoms with Crippen LogP contribution in [0.2, 0.25) is 5.02 Å². The Hall–Kier alpha value is -2.59. The number of hydrogen-bond donors (Lipinski definition) is 1. The van der Waals surface area contributed by atoms with Gasteiger partial charge in [0, 0.05) is 27.9 Å². The average Bonchev–Trinajstić information content (AvgIpc) is 2.47. The van der Waals surface area contributed by atoms with E-state index < -0.39 is 5.97 Å². The number of carbonyl (C=O) groups is 1. The van der Waals surface area contributed by atoms with Gasteiger partial charge in [-0.05, 0) is 42.8 Å². The van der Waals surface area contributed by atoms with E-state index in [2.05, 4.69) is 10.3 Å². The van der Waals surface area contributed by atoms with E-state index in [1.54, 1.807) is 18.2 Å². The Morgan fingerprint density at radius 3 is 2.77 bits per heavy atom. The number of pyridine rings is 1. The van der Waals surface area contributed by atoms with Crippen LogP contribution in [-0.2, 0) is 0 Å². The molecule has 3 aromatic rings. The summed E-state index contributed by atoms with van der Waals surface area (Å²) in [6.45, 7) is 1.96. The zero-order valence-corrected chi connectivity index (χ0v) is 12.5. The van der Waals surface area contributed by atoms with E-state index >= 15 is 0 Å². The van der Waals surface area contributed by atoms with Gasteiger partial charge in [0.05, 0.1) is 17.2 Å². The van der Waals surface area contributed by atoms with Gasteiger partial charge in [0.25, 0.3) is 0 Å². The lowest BCUT2D eigenvalue weighted by Crippen LogP contribution is -2.23. The average molecular weight is 312 g/mol. The molecule has 0 amide bonds. The van der Waals surface area contributed by atoms with Gasteiger partial charge in [0.2, 0.25) is 0 Å². The van der Waals surface area contributed by atoms with Crippen LogP contribution in [-0.4, -0.2) is 11.0 Å². The number of aryl methyl sites for hydroxylation is 1. The fourth-order valence-corrected chi connectivity index (χ4v) is 2.49. The number of halogens is 1. The normalized spacial score (nSPS) is 10.6. The second kappa shape index (κ2) is 5.66. The summed E-state index contributed by atoms with van der Waals surface area (Å²) in [5.74, 6) is -1.29. The molecule has 5 heteroatoms. The first-order valence-electron chi connectivity index (χ1n) is 6.68. The number of rotatable bonds is 3. The summed E-state index contributed by atoms with van der Waals surface area (Å²) in [6, 6.07) is 12.8. The topological polar surface area (TPSA) is 65.0 Å². The Balaban J connectivity index is 2.22. The highest BCUT2D eigenvalue weighted by Crippen LogP contribution is 2.31. The molecule has 0 saturated heterocycles. The Morgan fingerprint density at radius 2 is 2.05 bits per heavy atom. The molecule has 1 aromatic heterocycles. The van der Waals surface area contributed by atoms with E-state index in [4.69, 9.17) is 11.6 Å². The van der Waals surface area contributed by atoms with Crippen molar-refractivity contribution in [2.45, 2.75) is 6.92 Å². The van der Waals surface area contributed by atoms with Crippen molar-refractivity contribution in [2.75, 3.05) is 5.32 Å². The molecule has 0 bridgehead atoms. The molecule has 0 saturated carbocycles. The molecule has 0 aliphatic carbocycles. The molecule has 0 aliphatic rings. The number of anilines is 2. The van der Waals surface area contributed by atoms with Crippen LogP contribution in [0.4, 0.5) is 11.4 Å². The van der Waals surface area contributed by atoms with Gasteiger partial charge < -0.3 is 15.2 Å². The number of aromatic carboxylic acids is 1. The van der Waals surface area contributed by atoms with Crippen molar-refractivity contribution in [2.24, 2.45) is 0 Å². The highest BCUT2D eigenvalue weighted by atomic mass is 35.5. The SMILES string of the molecule is Cc1cccc(Nc2c(C(=O)[O-])cnc3ccc(Cl)cc23)c1. The van der Waals surface area contributed by atoms with E-state index in [0.29, 0.717) is 21.6 Å². The van der Waals surface area contributed by atoms with Crippen LogP contribution in [0.3, 0.4) is 0 Å². The van der Waals surface area contributed by atoms with Gasteiger partial charge in [-0.3, -0.25) is 4.98 Å². The third-order valence-electron chi connectivity index (χ3n) is 3.34. The highest BCUT2D eigenvalue weighted by molar-refractivity contribution is 6.31. The van der Waals surface area contributed by atoms with Crippen LogP contribution >= 0.6 is 11.6 Å². The third kappa shape index (κ3) is 2.73. The summed E-state index contributed by atoms with van der Waals surface area (Å²) < 4.78 is 0. The molecule has 3 rings (SSSR count). The molecule has 1 N–H and O–H groups in total. The first kappa shape index (κ1) is 14.4. The summed E-state index contributed by atoms with van der Waals surface area (Å²) in [7, 11) is 0. The Kier molecular flexibility index (Phi) is 3.69. The lowest BCUT2D eigenvalue weighted by atomic mass is 10.1. The zero-order chi connectivity index (χ0) is 15.7. The maximum absolute atomic E-state index is 11.4. The number of benzene rings is 2. The van der Waals surface area contributed by atoms with Crippen molar-refractivity contribution in [1.82, 2.24) is 4.98 Å². The molecule has 0 aliphatic heterocycles. The number of carboxylic acids is 1. The predicted molar refractivity (Wildman–Crippen MR) is 85.5 cm³/mol. The number of fused-ring (bicyclic) bond motifs is 1. The van der Waals surface area contributed by atoms with Gasteiger partial charge in [-0.25, -0.2) is 0 Å². The standard InChI is InChI=1S/C17H13ClN2O2/c1-10-3-2-4-12(7-10)20-16-13-8-11(18)5-6-15(13)19-9-14(16)17(21)22/h2-9H,1H3,(H,19,20)(H,21,22)/p-1. The van der Waals surface area contributed by atoms with Gasteiger partial charge in [-0.2, -0.15) is 0 Å². The zero-order valence-electron chi connectivity index (χ0n) is 11.8. The van der Waals surface area contributed by atoms with Crippen molar-refractivity contribution >= 4 is 39.8 Å². The summed E-state index contributed by atoms with van der Waals surface area (Å²) in [6.07, 6.45) is 1.30. The highest BCUT2D eigenvalue weighted by Gasteiger charge is 2.11. The molecule has 0 unspecified atom stereocenters. The van der Waals surface area contributed by atoms with Crippen molar-refractivity contribution < 1.29 is 9.90 Å². The molecule has 0 fully saturated rings. The van der Waals surface area contributed by atoms with Crippen LogP contribution in [0.15, 0.2) is 48.7 Å². The van der Waals surface area contributed by atoms with Gasteiger partial charge in [0.1, 0.15) is 0 Å². The van der Waals surface area contributed by atoms with Gasteiger partial charge in [0.15, 0.2) is 0 Å². The number of carbonyl (C=O) groups excluding carboxylic acids is 1. The molecule has 2 aromatic carbocycles.